The Labute approximate surface area is 119 Å². The molecule has 0 aromatic heterocycles. The largest absolute Gasteiger partial charge is 0 e. The van der Waals surface area contributed by atoms with Gasteiger partial charge >= 0.3 is 76.7 Å². The summed E-state index contributed by atoms with van der Waals surface area (Å²) in [4.78, 5) is 21.6. The summed E-state index contributed by atoms with van der Waals surface area (Å²) in [6.45, 7) is 0. The van der Waals surface area contributed by atoms with Crippen LogP contribution in [0, 0.1) is 0 Å². The number of hydrogen-bond acceptors (Lipinski definition) is 1. The van der Waals surface area contributed by atoms with Gasteiger partial charge in [-0.2, -0.15) is 0 Å². The number of hydrogen-bond donors (Lipinski definition) is 3. The molecule has 38 valence electrons. The second-order valence-corrected chi connectivity index (χ2v) is 1.54. The van der Waals surface area contributed by atoms with E-state index in [-0.39, 0.29) is 95.1 Å². The normalized spacial score (nSPS) is 8.43. The minimum atomic E-state index is -4.64. The maximum absolute atomic E-state index is 8.88. The molecule has 0 unspecified atom stereocenters. The van der Waals surface area contributed by atoms with Gasteiger partial charge in [0.05, 0.1) is 0 Å². The maximum Gasteiger partial charge on any atom is 0 e. The Hall–Kier alpha value is 3.05. The molecular formula is H4CsO4PZr. The molecule has 0 aliphatic carbocycles. The van der Waals surface area contributed by atoms with Gasteiger partial charge in [-0.05, 0) is 0 Å². The van der Waals surface area contributed by atoms with Gasteiger partial charge in [-0.25, -0.2) is 4.57 Å². The molecule has 0 spiro atoms. The first-order chi connectivity index (χ1) is 2.00. The van der Waals surface area contributed by atoms with Gasteiger partial charge in [0, 0.05) is 26.2 Å². The van der Waals surface area contributed by atoms with Gasteiger partial charge in [-0.3, -0.25) is 0 Å². The topological polar surface area (TPSA) is 77.8 Å². The van der Waals surface area contributed by atoms with E-state index < -0.39 is 7.82 Å². The maximum atomic E-state index is 8.88. The van der Waals surface area contributed by atoms with Crippen molar-refractivity contribution in [3.63, 3.8) is 0 Å². The van der Waals surface area contributed by atoms with E-state index in [4.69, 9.17) is 19.2 Å². The van der Waals surface area contributed by atoms with Crippen LogP contribution in [0.3, 0.4) is 0 Å². The van der Waals surface area contributed by atoms with E-state index in [2.05, 4.69) is 0 Å². The first-order valence-electron chi connectivity index (χ1n) is 0.783. The third-order valence-corrected chi connectivity index (χ3v) is 0. The van der Waals surface area contributed by atoms with E-state index in [1.165, 1.54) is 0 Å². The first kappa shape index (κ1) is 16.6. The van der Waals surface area contributed by atoms with Crippen molar-refractivity contribution in [2.24, 2.45) is 0 Å². The van der Waals surface area contributed by atoms with Crippen LogP contribution in [-0.2, 0) is 30.8 Å². The fourth-order valence-electron chi connectivity index (χ4n) is 0. The molecule has 7 heavy (non-hydrogen) atoms. The number of phosphoric acid groups is 1. The Morgan fingerprint density at radius 3 is 1.14 bits per heavy atom. The smallest absolute Gasteiger partial charge is 0 e. The van der Waals surface area contributed by atoms with Crippen LogP contribution in [0.25, 0.3) is 0 Å². The Kier molecular flexibility index (Phi) is 16.9. The van der Waals surface area contributed by atoms with E-state index >= 15 is 0 Å². The van der Waals surface area contributed by atoms with Gasteiger partial charge in [-0.1, -0.05) is 0 Å². The third-order valence-electron chi connectivity index (χ3n) is 0. The van der Waals surface area contributed by atoms with Crippen LogP contribution in [-0.4, -0.2) is 83.6 Å². The molecule has 0 atom stereocenters. The molecule has 0 heterocycles. The third kappa shape index (κ3) is 48.4. The fourth-order valence-corrected chi connectivity index (χ4v) is 0. The molecule has 4 nitrogen and oxygen atoms in total. The van der Waals surface area contributed by atoms with Crippen LogP contribution in [0.4, 0.5) is 0 Å². The van der Waals surface area contributed by atoms with Crippen LogP contribution < -0.4 is 0 Å². The van der Waals surface area contributed by atoms with Crippen molar-refractivity contribution in [2.75, 3.05) is 0 Å². The molecule has 0 aromatic rings. The first-order valence-corrected chi connectivity index (χ1v) is 2.35. The summed E-state index contributed by atoms with van der Waals surface area (Å²) in [5.74, 6) is 0. The van der Waals surface area contributed by atoms with E-state index in [1.54, 1.807) is 0 Å². The second kappa shape index (κ2) is 7.16. The van der Waals surface area contributed by atoms with Crippen molar-refractivity contribution in [3.8, 4) is 0 Å². The van der Waals surface area contributed by atoms with Gasteiger partial charge < -0.3 is 14.7 Å². The SMILES string of the molecule is O=P(O)(O)O.[CsH].[Zr]. The average Bonchev–Trinajstić information content (AvgIpc) is 0.722. The Balaban J connectivity index is -0.0000000800. The van der Waals surface area contributed by atoms with Crippen molar-refractivity contribution >= 4 is 76.7 Å². The molecule has 0 radical (unpaired) electrons. The summed E-state index contributed by atoms with van der Waals surface area (Å²) in [6, 6.07) is 0. The fraction of sp³-hybridized carbons (Fsp3) is 0. The van der Waals surface area contributed by atoms with E-state index in [0.29, 0.717) is 0 Å². The molecule has 0 fully saturated rings. The van der Waals surface area contributed by atoms with Crippen LogP contribution in [0.1, 0.15) is 0 Å². The summed E-state index contributed by atoms with van der Waals surface area (Å²) in [5, 5.41) is 0. The van der Waals surface area contributed by atoms with Crippen molar-refractivity contribution in [2.45, 2.75) is 0 Å². The number of rotatable bonds is 0. The molecule has 0 bridgehead atoms. The zero-order chi connectivity index (χ0) is 4.50. The Morgan fingerprint density at radius 1 is 1.14 bits per heavy atom. The predicted molar refractivity (Wildman–Crippen MR) is 21.4 cm³/mol. The molecule has 0 aliphatic heterocycles. The summed E-state index contributed by atoms with van der Waals surface area (Å²) < 4.78 is 8.88. The van der Waals surface area contributed by atoms with Crippen LogP contribution in [0.15, 0.2) is 0 Å². The summed E-state index contributed by atoms with van der Waals surface area (Å²) in [6.07, 6.45) is 0. The van der Waals surface area contributed by atoms with Gasteiger partial charge in [0.25, 0.3) is 0 Å². The predicted octanol–water partition coefficient (Wildman–Crippen LogP) is -1.58. The van der Waals surface area contributed by atoms with Crippen molar-refractivity contribution in [3.05, 3.63) is 0 Å². The minimum absolute atomic E-state index is 0. The summed E-state index contributed by atoms with van der Waals surface area (Å²) in [7, 11) is -4.64. The van der Waals surface area contributed by atoms with Gasteiger partial charge in [0.15, 0.2) is 0 Å². The van der Waals surface area contributed by atoms with Crippen molar-refractivity contribution in [1.29, 1.82) is 0 Å². The van der Waals surface area contributed by atoms with Gasteiger partial charge in [0.2, 0.25) is 0 Å². The van der Waals surface area contributed by atoms with Gasteiger partial charge in [0.1, 0.15) is 0 Å². The molecule has 0 saturated carbocycles. The molecule has 0 rings (SSSR count). The average molecular weight is 323 g/mol. The monoisotopic (exact) mass is 322 g/mol. The van der Waals surface area contributed by atoms with Crippen LogP contribution in [0.5, 0.6) is 0 Å². The van der Waals surface area contributed by atoms with E-state index in [0.717, 1.165) is 0 Å². The molecular weight excluding hydrogens is 319 g/mol. The van der Waals surface area contributed by atoms with Crippen LogP contribution >= 0.6 is 7.82 Å². The molecule has 0 amide bonds. The Bertz CT molecular complexity index is 57.8. The molecule has 7 heteroatoms. The molecule has 3 N–H and O–H groups in total. The zero-order valence-corrected chi connectivity index (χ0v) is 6.05. The summed E-state index contributed by atoms with van der Waals surface area (Å²) >= 11 is 0. The van der Waals surface area contributed by atoms with Crippen LogP contribution in [0.2, 0.25) is 0 Å². The van der Waals surface area contributed by atoms with E-state index in [1.807, 2.05) is 0 Å². The molecule has 0 saturated heterocycles. The van der Waals surface area contributed by atoms with Crippen molar-refractivity contribution in [1.82, 2.24) is 0 Å². The quantitative estimate of drug-likeness (QED) is 0.470. The minimum Gasteiger partial charge on any atom is 0 e. The Morgan fingerprint density at radius 2 is 1.14 bits per heavy atom. The molecule has 0 aliphatic rings. The molecule has 0 aromatic carbocycles. The zero-order valence-electron chi connectivity index (χ0n) is 2.70. The summed E-state index contributed by atoms with van der Waals surface area (Å²) in [5.41, 5.74) is 0. The van der Waals surface area contributed by atoms with Crippen molar-refractivity contribution < 1.29 is 45.4 Å². The van der Waals surface area contributed by atoms with Gasteiger partial charge in [-0.15, -0.1) is 0 Å². The van der Waals surface area contributed by atoms with E-state index in [9.17, 15) is 0 Å². The standard InChI is InChI=1S/Cs.H3O4P.Zr.H/c;1-5(2,3)4;;/h;(H3,1,2,3,4);;. The second-order valence-electron chi connectivity index (χ2n) is 0.513.